The van der Waals surface area contributed by atoms with Crippen molar-refractivity contribution >= 4 is 6.21 Å². The summed E-state index contributed by atoms with van der Waals surface area (Å²) in [6.07, 6.45) is 2.52. The van der Waals surface area contributed by atoms with Gasteiger partial charge in [-0.25, -0.2) is 0 Å². The maximum atomic E-state index is 8.54. The Morgan fingerprint density at radius 1 is 1.38 bits per heavy atom. The van der Waals surface area contributed by atoms with E-state index in [2.05, 4.69) is 30.1 Å². The number of aryl methyl sites for hydroxylation is 1. The summed E-state index contributed by atoms with van der Waals surface area (Å²) in [4.78, 5) is 4.51. The van der Waals surface area contributed by atoms with Gasteiger partial charge in [-0.1, -0.05) is 20.8 Å². The van der Waals surface area contributed by atoms with E-state index in [1.807, 2.05) is 19.9 Å². The Balaban J connectivity index is 2.97. The molecule has 1 N–H and O–H groups in total. The molecule has 1 aromatic rings. The first kappa shape index (κ1) is 12.7. The molecule has 0 aliphatic carbocycles. The fourth-order valence-electron chi connectivity index (χ4n) is 1.74. The summed E-state index contributed by atoms with van der Waals surface area (Å²) in [7, 11) is 0. The fraction of sp³-hybridized carbons (Fsp3) is 0.538. The Bertz CT molecular complexity index is 372. The zero-order valence-electron chi connectivity index (χ0n) is 10.4. The van der Waals surface area contributed by atoms with Gasteiger partial charge in [0.05, 0.1) is 6.21 Å². The van der Waals surface area contributed by atoms with Gasteiger partial charge >= 0.3 is 0 Å². The number of pyridine rings is 1. The van der Waals surface area contributed by atoms with Crippen LogP contribution < -0.4 is 0 Å². The summed E-state index contributed by atoms with van der Waals surface area (Å²) >= 11 is 0. The van der Waals surface area contributed by atoms with Crippen molar-refractivity contribution in [2.75, 3.05) is 0 Å². The summed E-state index contributed by atoms with van der Waals surface area (Å²) in [6, 6.07) is 4.13. The average molecular weight is 220 g/mol. The fourth-order valence-corrected chi connectivity index (χ4v) is 1.74. The van der Waals surface area contributed by atoms with Crippen LogP contribution in [0, 0.1) is 12.8 Å². The molecule has 1 heterocycles. The Labute approximate surface area is 97.2 Å². The van der Waals surface area contributed by atoms with E-state index >= 15 is 0 Å². The predicted octanol–water partition coefficient (Wildman–Crippen LogP) is 3.15. The Hall–Kier alpha value is -1.38. The molecule has 0 aliphatic heterocycles. The van der Waals surface area contributed by atoms with Gasteiger partial charge in [0, 0.05) is 17.3 Å². The Kier molecular flexibility index (Phi) is 4.47. The summed E-state index contributed by atoms with van der Waals surface area (Å²) in [6.45, 7) is 8.37. The molecule has 1 unspecified atom stereocenters. The predicted molar refractivity (Wildman–Crippen MR) is 66.2 cm³/mol. The van der Waals surface area contributed by atoms with Crippen molar-refractivity contribution in [3.63, 3.8) is 0 Å². The van der Waals surface area contributed by atoms with Crippen LogP contribution in [0.5, 0.6) is 0 Å². The van der Waals surface area contributed by atoms with E-state index < -0.39 is 0 Å². The van der Waals surface area contributed by atoms with E-state index in [0.717, 1.165) is 23.4 Å². The number of hydrogen-bond donors (Lipinski definition) is 1. The van der Waals surface area contributed by atoms with Gasteiger partial charge in [0.1, 0.15) is 0 Å². The molecule has 0 amide bonds. The van der Waals surface area contributed by atoms with Crippen LogP contribution in [0.4, 0.5) is 0 Å². The molecule has 88 valence electrons. The number of rotatable bonds is 4. The van der Waals surface area contributed by atoms with Crippen molar-refractivity contribution in [2.24, 2.45) is 11.1 Å². The molecular formula is C13H20N2O. The molecular weight excluding hydrogens is 200 g/mol. The van der Waals surface area contributed by atoms with Crippen LogP contribution in [0.15, 0.2) is 17.3 Å². The van der Waals surface area contributed by atoms with Gasteiger partial charge in [-0.3, -0.25) is 4.98 Å². The molecule has 3 nitrogen and oxygen atoms in total. The molecule has 0 fully saturated rings. The third kappa shape index (κ3) is 3.65. The first-order valence-electron chi connectivity index (χ1n) is 5.68. The molecule has 0 saturated carbocycles. The van der Waals surface area contributed by atoms with Crippen LogP contribution in [0.3, 0.4) is 0 Å². The minimum Gasteiger partial charge on any atom is -0.411 e. The van der Waals surface area contributed by atoms with Crippen molar-refractivity contribution in [1.82, 2.24) is 4.98 Å². The number of oxime groups is 1. The Morgan fingerprint density at radius 2 is 2.06 bits per heavy atom. The minimum absolute atomic E-state index is 0.123. The molecule has 1 rings (SSSR count). The van der Waals surface area contributed by atoms with Gasteiger partial charge < -0.3 is 5.21 Å². The number of nitrogens with zero attached hydrogens (tertiary/aromatic N) is 2. The number of aromatic nitrogens is 1. The highest BCUT2D eigenvalue weighted by Gasteiger charge is 2.07. The molecule has 0 radical (unpaired) electrons. The van der Waals surface area contributed by atoms with E-state index in [4.69, 9.17) is 5.21 Å². The topological polar surface area (TPSA) is 45.5 Å². The van der Waals surface area contributed by atoms with Crippen LogP contribution in [0.25, 0.3) is 0 Å². The molecule has 0 saturated heterocycles. The lowest BCUT2D eigenvalue weighted by molar-refractivity contribution is 0.320. The van der Waals surface area contributed by atoms with Crippen LogP contribution in [-0.2, 0) is 6.42 Å². The third-order valence-electron chi connectivity index (χ3n) is 2.46. The molecule has 0 spiro atoms. The smallest absolute Gasteiger partial charge is 0.0507 e. The molecule has 1 aromatic heterocycles. The summed E-state index contributed by atoms with van der Waals surface area (Å²) in [5.41, 5.74) is 3.29. The highest BCUT2D eigenvalue weighted by atomic mass is 16.4. The first-order chi connectivity index (χ1) is 7.52. The third-order valence-corrected chi connectivity index (χ3v) is 2.46. The summed E-state index contributed by atoms with van der Waals surface area (Å²) in [5.74, 6) is 0.724. The maximum absolute atomic E-state index is 8.54. The lowest BCUT2D eigenvalue weighted by Gasteiger charge is -2.11. The van der Waals surface area contributed by atoms with Gasteiger partial charge in [-0.2, -0.15) is 0 Å². The molecule has 1 atom stereocenters. The Morgan fingerprint density at radius 3 is 2.62 bits per heavy atom. The second-order valence-corrected chi connectivity index (χ2v) is 4.68. The minimum atomic E-state index is 0.123. The SMILES string of the molecule is Cc1cc(C(C)C=NO)cc(CC(C)C)n1. The van der Waals surface area contributed by atoms with E-state index in [1.54, 1.807) is 0 Å². The normalized spacial score (nSPS) is 13.6. The second kappa shape index (κ2) is 5.64. The molecule has 16 heavy (non-hydrogen) atoms. The average Bonchev–Trinajstić information content (AvgIpc) is 2.15. The monoisotopic (exact) mass is 220 g/mol. The van der Waals surface area contributed by atoms with Crippen LogP contribution in [0.1, 0.15) is 43.6 Å². The van der Waals surface area contributed by atoms with Crippen molar-refractivity contribution in [3.8, 4) is 0 Å². The number of hydrogen-bond acceptors (Lipinski definition) is 3. The van der Waals surface area contributed by atoms with E-state index in [-0.39, 0.29) is 5.92 Å². The van der Waals surface area contributed by atoms with Crippen molar-refractivity contribution < 1.29 is 5.21 Å². The highest BCUT2D eigenvalue weighted by molar-refractivity contribution is 5.66. The standard InChI is InChI=1S/C13H20N2O/c1-9(2)5-13-7-12(6-11(4)15-13)10(3)8-14-16/h6-10,16H,5H2,1-4H3. The summed E-state index contributed by atoms with van der Waals surface area (Å²) < 4.78 is 0. The van der Waals surface area contributed by atoms with Gasteiger partial charge in [-0.15, -0.1) is 5.16 Å². The zero-order chi connectivity index (χ0) is 12.1. The van der Waals surface area contributed by atoms with Crippen molar-refractivity contribution in [3.05, 3.63) is 29.1 Å². The van der Waals surface area contributed by atoms with Crippen LogP contribution in [0.2, 0.25) is 0 Å². The lowest BCUT2D eigenvalue weighted by Crippen LogP contribution is -2.03. The zero-order valence-corrected chi connectivity index (χ0v) is 10.4. The molecule has 0 bridgehead atoms. The quantitative estimate of drug-likeness (QED) is 0.481. The van der Waals surface area contributed by atoms with Gasteiger partial charge in [0.25, 0.3) is 0 Å². The lowest BCUT2D eigenvalue weighted by atomic mass is 9.99. The van der Waals surface area contributed by atoms with E-state index in [9.17, 15) is 0 Å². The summed E-state index contributed by atoms with van der Waals surface area (Å²) in [5, 5.41) is 11.6. The van der Waals surface area contributed by atoms with Gasteiger partial charge in [-0.05, 0) is 37.0 Å². The molecule has 0 aliphatic rings. The second-order valence-electron chi connectivity index (χ2n) is 4.68. The first-order valence-corrected chi connectivity index (χ1v) is 5.68. The largest absolute Gasteiger partial charge is 0.411 e. The van der Waals surface area contributed by atoms with E-state index in [0.29, 0.717) is 5.92 Å². The van der Waals surface area contributed by atoms with Gasteiger partial charge in [0.15, 0.2) is 0 Å². The van der Waals surface area contributed by atoms with Gasteiger partial charge in [0.2, 0.25) is 0 Å². The van der Waals surface area contributed by atoms with Crippen molar-refractivity contribution in [1.29, 1.82) is 0 Å². The highest BCUT2D eigenvalue weighted by Crippen LogP contribution is 2.17. The van der Waals surface area contributed by atoms with E-state index in [1.165, 1.54) is 6.21 Å². The molecule has 3 heteroatoms. The van der Waals surface area contributed by atoms with Crippen LogP contribution >= 0.6 is 0 Å². The van der Waals surface area contributed by atoms with Crippen molar-refractivity contribution in [2.45, 2.75) is 40.0 Å². The van der Waals surface area contributed by atoms with Crippen LogP contribution in [-0.4, -0.2) is 16.4 Å². The molecule has 0 aromatic carbocycles. The maximum Gasteiger partial charge on any atom is 0.0507 e.